The summed E-state index contributed by atoms with van der Waals surface area (Å²) < 4.78 is 0. The van der Waals surface area contributed by atoms with Gasteiger partial charge in [0.1, 0.15) is 0 Å². The number of aliphatic hydroxyl groups excluding tert-OH is 2. The Balaban J connectivity index is 0. The standard InChI is InChI=1S/C10H19NO2.C9H14.C3H7NO2.C3H9N/c1-10(2,3)6-9(13)11-5-4-8(12)7-11;1-2-6-9-7-4-3-5-8-9;5-2-1-4-3-6;1-3(2)4/h8,12H,4-7H2,1-3H3;9H,3-5,7-8H2,1H3;3,5H,1-2H2,(H,4,6);3H,4H2,1-2H3. The van der Waals surface area contributed by atoms with Crippen LogP contribution in [0.2, 0.25) is 0 Å². The van der Waals surface area contributed by atoms with Crippen molar-refractivity contribution in [3.63, 3.8) is 0 Å². The molecular weight excluding hydrogens is 406 g/mol. The van der Waals surface area contributed by atoms with Crippen LogP contribution in [0.3, 0.4) is 0 Å². The average Bonchev–Trinajstić information content (AvgIpc) is 3.13. The molecule has 2 aliphatic rings. The normalized spacial score (nSPS) is 17.9. The molecule has 7 nitrogen and oxygen atoms in total. The van der Waals surface area contributed by atoms with Crippen molar-refractivity contribution >= 4 is 12.3 Å². The summed E-state index contributed by atoms with van der Waals surface area (Å²) in [6.45, 7) is 13.6. The molecule has 0 bridgehead atoms. The van der Waals surface area contributed by atoms with E-state index in [0.29, 0.717) is 32.0 Å². The van der Waals surface area contributed by atoms with E-state index < -0.39 is 0 Å². The highest BCUT2D eigenvalue weighted by Crippen LogP contribution is 2.22. The van der Waals surface area contributed by atoms with Crippen LogP contribution in [0, 0.1) is 23.2 Å². The molecule has 0 spiro atoms. The Bertz CT molecular complexity index is 527. The second kappa shape index (κ2) is 20.0. The zero-order valence-corrected chi connectivity index (χ0v) is 21.3. The third-order valence-electron chi connectivity index (χ3n) is 4.49. The minimum absolute atomic E-state index is 0.0126. The topological polar surface area (TPSA) is 116 Å². The van der Waals surface area contributed by atoms with E-state index >= 15 is 0 Å². The van der Waals surface area contributed by atoms with Crippen molar-refractivity contribution in [3.05, 3.63) is 0 Å². The van der Waals surface area contributed by atoms with E-state index in [-0.39, 0.29) is 24.0 Å². The van der Waals surface area contributed by atoms with Crippen LogP contribution in [0.5, 0.6) is 0 Å². The van der Waals surface area contributed by atoms with Crippen LogP contribution in [-0.4, -0.2) is 65.8 Å². The lowest BCUT2D eigenvalue weighted by atomic mass is 9.90. The van der Waals surface area contributed by atoms with Crippen LogP contribution >= 0.6 is 0 Å². The van der Waals surface area contributed by atoms with Gasteiger partial charge in [0.25, 0.3) is 0 Å². The molecule has 0 aromatic rings. The van der Waals surface area contributed by atoms with Crippen molar-refractivity contribution in [2.24, 2.45) is 17.1 Å². The molecule has 2 fully saturated rings. The van der Waals surface area contributed by atoms with Gasteiger partial charge < -0.3 is 26.2 Å². The number of rotatable bonds is 4. The van der Waals surface area contributed by atoms with Crippen LogP contribution in [0.15, 0.2) is 0 Å². The van der Waals surface area contributed by atoms with Crippen molar-refractivity contribution in [2.45, 2.75) is 98.6 Å². The molecule has 1 saturated heterocycles. The molecule has 1 aliphatic heterocycles. The lowest BCUT2D eigenvalue weighted by Gasteiger charge is -2.22. The van der Waals surface area contributed by atoms with Gasteiger partial charge in [0, 0.05) is 32.0 Å². The molecule has 0 aromatic carbocycles. The average molecular weight is 456 g/mol. The highest BCUT2D eigenvalue weighted by Gasteiger charge is 2.27. The van der Waals surface area contributed by atoms with Crippen LogP contribution in [-0.2, 0) is 9.59 Å². The van der Waals surface area contributed by atoms with E-state index in [1.165, 1.54) is 32.1 Å². The Morgan fingerprint density at radius 1 is 1.22 bits per heavy atom. The minimum Gasteiger partial charge on any atom is -0.395 e. The molecule has 2 amide bonds. The number of hydrogen-bond acceptors (Lipinski definition) is 5. The number of aliphatic hydroxyl groups is 2. The molecule has 32 heavy (non-hydrogen) atoms. The van der Waals surface area contributed by atoms with E-state index in [0.717, 1.165) is 18.9 Å². The molecule has 188 valence electrons. The van der Waals surface area contributed by atoms with Crippen LogP contribution in [0.4, 0.5) is 0 Å². The Labute approximate surface area is 196 Å². The lowest BCUT2D eigenvalue weighted by Crippen LogP contribution is -2.32. The number of likely N-dealkylation sites (tertiary alicyclic amines) is 1. The first kappa shape index (κ1) is 32.6. The van der Waals surface area contributed by atoms with E-state index in [1.54, 1.807) is 4.90 Å². The van der Waals surface area contributed by atoms with Crippen molar-refractivity contribution in [3.8, 4) is 11.8 Å². The highest BCUT2D eigenvalue weighted by molar-refractivity contribution is 5.77. The largest absolute Gasteiger partial charge is 0.395 e. The third kappa shape index (κ3) is 23.1. The fraction of sp³-hybridized carbons (Fsp3) is 0.840. The second-order valence-corrected chi connectivity index (χ2v) is 9.79. The number of nitrogens with zero attached hydrogens (tertiary/aromatic N) is 1. The van der Waals surface area contributed by atoms with Gasteiger partial charge in [0.15, 0.2) is 0 Å². The van der Waals surface area contributed by atoms with Crippen molar-refractivity contribution in [1.29, 1.82) is 0 Å². The van der Waals surface area contributed by atoms with Crippen molar-refractivity contribution < 1.29 is 19.8 Å². The number of β-amino-alcohol motifs (C(OH)–C–C–N with tert-alkyl or cyclic N) is 1. The highest BCUT2D eigenvalue weighted by atomic mass is 16.3. The Morgan fingerprint density at radius 3 is 2.12 bits per heavy atom. The van der Waals surface area contributed by atoms with Gasteiger partial charge in [-0.1, -0.05) is 53.9 Å². The molecule has 0 aromatic heterocycles. The fourth-order valence-corrected chi connectivity index (χ4v) is 3.11. The first-order valence-electron chi connectivity index (χ1n) is 11.9. The number of carbonyl (C=O) groups is 2. The quantitative estimate of drug-likeness (QED) is 0.295. The number of carbonyl (C=O) groups excluding carboxylic acids is 2. The van der Waals surface area contributed by atoms with Gasteiger partial charge in [0.05, 0.1) is 12.7 Å². The monoisotopic (exact) mass is 455 g/mol. The Hall–Kier alpha value is -1.62. The molecule has 1 aliphatic carbocycles. The van der Waals surface area contributed by atoms with E-state index in [2.05, 4.69) is 37.9 Å². The summed E-state index contributed by atoms with van der Waals surface area (Å²) in [7, 11) is 0. The first-order chi connectivity index (χ1) is 15.0. The predicted molar refractivity (Wildman–Crippen MR) is 132 cm³/mol. The molecule has 1 atom stereocenters. The third-order valence-corrected chi connectivity index (χ3v) is 4.49. The molecule has 1 heterocycles. The van der Waals surface area contributed by atoms with Gasteiger partial charge in [-0.05, 0) is 37.6 Å². The Morgan fingerprint density at radius 2 is 1.78 bits per heavy atom. The maximum Gasteiger partial charge on any atom is 0.223 e. The number of nitrogens with two attached hydrogens (primary N) is 1. The second-order valence-electron chi connectivity index (χ2n) is 9.79. The molecule has 0 radical (unpaired) electrons. The van der Waals surface area contributed by atoms with Crippen molar-refractivity contribution in [1.82, 2.24) is 10.2 Å². The number of hydrogen-bond donors (Lipinski definition) is 4. The molecule has 5 N–H and O–H groups in total. The van der Waals surface area contributed by atoms with Gasteiger partial charge in [-0.25, -0.2) is 0 Å². The summed E-state index contributed by atoms with van der Waals surface area (Å²) in [5.74, 6) is 7.13. The fourth-order valence-electron chi connectivity index (χ4n) is 3.11. The van der Waals surface area contributed by atoms with Gasteiger partial charge in [-0.2, -0.15) is 0 Å². The van der Waals surface area contributed by atoms with E-state index in [1.807, 2.05) is 20.8 Å². The minimum atomic E-state index is -0.302. The summed E-state index contributed by atoms with van der Waals surface area (Å²) in [6.07, 6.45) is 8.48. The summed E-state index contributed by atoms with van der Waals surface area (Å²) in [4.78, 5) is 22.7. The maximum atomic E-state index is 11.6. The summed E-state index contributed by atoms with van der Waals surface area (Å²) in [5, 5.41) is 19.5. The van der Waals surface area contributed by atoms with Gasteiger partial charge in [-0.3, -0.25) is 9.59 Å². The smallest absolute Gasteiger partial charge is 0.223 e. The van der Waals surface area contributed by atoms with Gasteiger partial charge >= 0.3 is 0 Å². The zero-order chi connectivity index (χ0) is 25.0. The molecule has 1 unspecified atom stereocenters. The SMILES string of the molecule is CC#CC1CCCCC1.CC(C)(C)CC(=O)N1CCC(O)C1.CC(C)N.O=CNCCO. The molecule has 2 rings (SSSR count). The molecule has 1 saturated carbocycles. The van der Waals surface area contributed by atoms with E-state index in [9.17, 15) is 14.7 Å². The summed E-state index contributed by atoms with van der Waals surface area (Å²) >= 11 is 0. The first-order valence-corrected chi connectivity index (χ1v) is 11.9. The maximum absolute atomic E-state index is 11.6. The van der Waals surface area contributed by atoms with Crippen LogP contribution in [0.25, 0.3) is 0 Å². The van der Waals surface area contributed by atoms with Gasteiger partial charge in [0.2, 0.25) is 12.3 Å². The lowest BCUT2D eigenvalue weighted by molar-refractivity contribution is -0.132. The van der Waals surface area contributed by atoms with Crippen molar-refractivity contribution in [2.75, 3.05) is 26.2 Å². The molecular formula is C25H49N3O4. The Kier molecular flexibility index (Phi) is 20.4. The van der Waals surface area contributed by atoms with Crippen LogP contribution < -0.4 is 11.1 Å². The number of nitrogens with one attached hydrogen (secondary N) is 1. The van der Waals surface area contributed by atoms with E-state index in [4.69, 9.17) is 10.8 Å². The molecule has 7 heteroatoms. The predicted octanol–water partition coefficient (Wildman–Crippen LogP) is 2.68. The van der Waals surface area contributed by atoms with Gasteiger partial charge in [-0.15, -0.1) is 11.8 Å². The van der Waals surface area contributed by atoms with Crippen LogP contribution in [0.1, 0.15) is 86.5 Å². The number of amides is 2. The zero-order valence-electron chi connectivity index (χ0n) is 21.3. The summed E-state index contributed by atoms with van der Waals surface area (Å²) in [5.41, 5.74) is 5.16. The summed E-state index contributed by atoms with van der Waals surface area (Å²) in [6, 6.07) is 0.333.